The molecule has 0 radical (unpaired) electrons. The lowest BCUT2D eigenvalue weighted by Gasteiger charge is -2.35. The number of rotatable bonds is 6. The van der Waals surface area contributed by atoms with Gasteiger partial charge in [-0.3, -0.25) is 14.9 Å². The monoisotopic (exact) mass is 491 g/mol. The molecule has 2 saturated heterocycles. The first-order valence-electron chi connectivity index (χ1n) is 10.7. The summed E-state index contributed by atoms with van der Waals surface area (Å²) in [6.45, 7) is 2.88. The number of hydrogen-bond acceptors (Lipinski definition) is 9. The van der Waals surface area contributed by atoms with Crippen molar-refractivity contribution in [1.29, 1.82) is 0 Å². The van der Waals surface area contributed by atoms with Gasteiger partial charge < -0.3 is 19.3 Å². The number of methoxy groups -OCH3 is 1. The molecule has 2 fully saturated rings. The van der Waals surface area contributed by atoms with Crippen LogP contribution in [0.4, 0.5) is 11.5 Å². The molecule has 2 aliphatic heterocycles. The van der Waals surface area contributed by atoms with Crippen molar-refractivity contribution in [3.63, 3.8) is 0 Å². The van der Waals surface area contributed by atoms with Gasteiger partial charge >= 0.3 is 0 Å². The Bertz CT molecular complexity index is 1160. The van der Waals surface area contributed by atoms with Crippen molar-refractivity contribution in [2.24, 2.45) is 0 Å². The van der Waals surface area contributed by atoms with Crippen LogP contribution >= 0.6 is 0 Å². The molecule has 0 unspecified atom stereocenters. The van der Waals surface area contributed by atoms with Gasteiger partial charge in [-0.1, -0.05) is 0 Å². The third-order valence-corrected chi connectivity index (χ3v) is 7.75. The van der Waals surface area contributed by atoms with E-state index in [2.05, 4.69) is 4.98 Å². The Morgan fingerprint density at radius 1 is 1.09 bits per heavy atom. The Morgan fingerprint density at radius 3 is 2.38 bits per heavy atom. The van der Waals surface area contributed by atoms with Crippen molar-refractivity contribution >= 4 is 27.4 Å². The van der Waals surface area contributed by atoms with Gasteiger partial charge in [0.15, 0.2) is 0 Å². The molecule has 1 amide bonds. The summed E-state index contributed by atoms with van der Waals surface area (Å²) in [5, 5.41) is 10.8. The normalized spacial score (nSPS) is 17.4. The van der Waals surface area contributed by atoms with Gasteiger partial charge in [-0.25, -0.2) is 13.4 Å². The number of aromatic nitrogens is 1. The predicted molar refractivity (Wildman–Crippen MR) is 122 cm³/mol. The van der Waals surface area contributed by atoms with E-state index < -0.39 is 14.9 Å². The number of carbonyl (C=O) groups excluding carboxylic acids is 1. The van der Waals surface area contributed by atoms with Crippen LogP contribution in [-0.2, 0) is 14.8 Å². The summed E-state index contributed by atoms with van der Waals surface area (Å²) < 4.78 is 38.2. The van der Waals surface area contributed by atoms with Crippen molar-refractivity contribution in [1.82, 2.24) is 14.2 Å². The molecule has 3 heterocycles. The highest BCUT2D eigenvalue weighted by molar-refractivity contribution is 7.89. The average molecular weight is 492 g/mol. The maximum absolute atomic E-state index is 13.2. The number of carbonyl (C=O) groups is 1. The van der Waals surface area contributed by atoms with Crippen molar-refractivity contribution in [3.05, 3.63) is 52.2 Å². The minimum atomic E-state index is -3.85. The smallest absolute Gasteiger partial charge is 0.287 e. The van der Waals surface area contributed by atoms with Crippen LogP contribution in [0.5, 0.6) is 5.75 Å². The molecule has 2 aromatic rings. The van der Waals surface area contributed by atoms with Gasteiger partial charge in [0.25, 0.3) is 11.6 Å². The van der Waals surface area contributed by atoms with Crippen LogP contribution < -0.4 is 9.64 Å². The Balaban J connectivity index is 1.48. The van der Waals surface area contributed by atoms with E-state index in [-0.39, 0.29) is 40.9 Å². The van der Waals surface area contributed by atoms with Crippen LogP contribution in [0.3, 0.4) is 0 Å². The molecule has 1 aromatic heterocycles. The molecule has 2 aliphatic rings. The highest BCUT2D eigenvalue weighted by Crippen LogP contribution is 2.29. The molecule has 0 atom stereocenters. The molecule has 0 N–H and O–H groups in total. The zero-order valence-corrected chi connectivity index (χ0v) is 19.4. The van der Waals surface area contributed by atoms with Crippen molar-refractivity contribution < 1.29 is 27.6 Å². The summed E-state index contributed by atoms with van der Waals surface area (Å²) in [5.74, 6) is 0.496. The fourth-order valence-corrected chi connectivity index (χ4v) is 5.52. The first kappa shape index (κ1) is 23.9. The Morgan fingerprint density at radius 2 is 1.79 bits per heavy atom. The number of anilines is 1. The van der Waals surface area contributed by atoms with E-state index in [0.29, 0.717) is 45.2 Å². The summed E-state index contributed by atoms with van der Waals surface area (Å²) in [6, 6.07) is 7.41. The Labute approximate surface area is 196 Å². The lowest BCUT2D eigenvalue weighted by Crippen LogP contribution is -2.49. The molecule has 13 heteroatoms. The number of nitro groups is 1. The summed E-state index contributed by atoms with van der Waals surface area (Å²) in [7, 11) is -2.46. The van der Waals surface area contributed by atoms with Crippen LogP contribution in [0.25, 0.3) is 0 Å². The number of pyridine rings is 1. The molecule has 0 saturated carbocycles. The molecule has 4 rings (SSSR count). The number of ether oxygens (including phenoxy) is 2. The number of piperazine rings is 1. The van der Waals surface area contributed by atoms with E-state index >= 15 is 0 Å². The van der Waals surface area contributed by atoms with Crippen molar-refractivity contribution in [3.8, 4) is 5.75 Å². The van der Waals surface area contributed by atoms with Crippen LogP contribution in [0.1, 0.15) is 10.4 Å². The number of amides is 1. The van der Waals surface area contributed by atoms with E-state index in [1.165, 1.54) is 35.8 Å². The molecule has 12 nitrogen and oxygen atoms in total. The lowest BCUT2D eigenvalue weighted by molar-refractivity contribution is -0.385. The van der Waals surface area contributed by atoms with Crippen LogP contribution in [-0.4, -0.2) is 93.0 Å². The van der Waals surface area contributed by atoms with Gasteiger partial charge in [-0.2, -0.15) is 4.31 Å². The SMILES string of the molecule is COc1ccc(C(=O)N2CCN(c3ccc([N+](=O)[O-])cn3)CC2)cc1S(=O)(=O)N1CCOCC1. The zero-order chi connectivity index (χ0) is 24.3. The third-order valence-electron chi connectivity index (χ3n) is 5.83. The second-order valence-corrected chi connectivity index (χ2v) is 9.70. The van der Waals surface area contributed by atoms with Crippen molar-refractivity contribution in [2.45, 2.75) is 4.90 Å². The quantitative estimate of drug-likeness (QED) is 0.428. The van der Waals surface area contributed by atoms with Gasteiger partial charge in [0.1, 0.15) is 22.7 Å². The molecule has 34 heavy (non-hydrogen) atoms. The minimum Gasteiger partial charge on any atom is -0.495 e. The maximum Gasteiger partial charge on any atom is 0.287 e. The van der Waals surface area contributed by atoms with E-state index in [1.54, 1.807) is 17.0 Å². The molecule has 182 valence electrons. The molecular weight excluding hydrogens is 466 g/mol. The molecular formula is C21H25N5O7S. The highest BCUT2D eigenvalue weighted by Gasteiger charge is 2.31. The lowest BCUT2D eigenvalue weighted by atomic mass is 10.1. The Hall–Kier alpha value is -3.29. The number of morpholine rings is 1. The average Bonchev–Trinajstić information content (AvgIpc) is 2.88. The fourth-order valence-electron chi connectivity index (χ4n) is 3.93. The summed E-state index contributed by atoms with van der Waals surface area (Å²) in [4.78, 5) is 31.2. The summed E-state index contributed by atoms with van der Waals surface area (Å²) in [5.41, 5.74) is 0.175. The predicted octanol–water partition coefficient (Wildman–Crippen LogP) is 0.982. The van der Waals surface area contributed by atoms with Crippen LogP contribution in [0, 0.1) is 10.1 Å². The molecule has 1 aromatic carbocycles. The van der Waals surface area contributed by atoms with E-state index in [0.717, 1.165) is 0 Å². The Kier molecular flexibility index (Phi) is 6.95. The topological polar surface area (TPSA) is 135 Å². The maximum atomic E-state index is 13.2. The third kappa shape index (κ3) is 4.81. The summed E-state index contributed by atoms with van der Waals surface area (Å²) in [6.07, 6.45) is 1.21. The largest absolute Gasteiger partial charge is 0.495 e. The highest BCUT2D eigenvalue weighted by atomic mass is 32.2. The number of sulfonamides is 1. The molecule has 0 bridgehead atoms. The number of nitrogens with zero attached hydrogens (tertiary/aromatic N) is 5. The first-order valence-corrected chi connectivity index (χ1v) is 12.2. The second-order valence-electron chi connectivity index (χ2n) is 7.79. The molecule has 0 spiro atoms. The van der Waals surface area contributed by atoms with E-state index in [1.807, 2.05) is 4.90 Å². The minimum absolute atomic E-state index is 0.0449. The first-order chi connectivity index (χ1) is 16.3. The fraction of sp³-hybridized carbons (Fsp3) is 0.429. The molecule has 0 aliphatic carbocycles. The van der Waals surface area contributed by atoms with E-state index in [9.17, 15) is 23.3 Å². The van der Waals surface area contributed by atoms with Crippen LogP contribution in [0.2, 0.25) is 0 Å². The van der Waals surface area contributed by atoms with Gasteiger partial charge in [0, 0.05) is 50.9 Å². The van der Waals surface area contributed by atoms with Crippen LogP contribution in [0.15, 0.2) is 41.4 Å². The second kappa shape index (κ2) is 9.91. The van der Waals surface area contributed by atoms with E-state index in [4.69, 9.17) is 9.47 Å². The van der Waals surface area contributed by atoms with Gasteiger partial charge in [-0.15, -0.1) is 0 Å². The zero-order valence-electron chi connectivity index (χ0n) is 18.6. The van der Waals surface area contributed by atoms with Gasteiger partial charge in [0.05, 0.1) is 25.2 Å². The standard InChI is InChI=1S/C21H25N5O7S/c1-32-18-4-2-16(14-19(18)34(30,31)25-10-12-33-13-11-25)21(27)24-8-6-23(7-9-24)20-5-3-17(15-22-20)26(28)29/h2-5,14-15H,6-13H2,1H3. The number of benzene rings is 1. The number of hydrogen-bond donors (Lipinski definition) is 0. The van der Waals surface area contributed by atoms with Crippen molar-refractivity contribution in [2.75, 3.05) is 64.5 Å². The van der Waals surface area contributed by atoms with Gasteiger partial charge in [-0.05, 0) is 24.3 Å². The summed E-state index contributed by atoms with van der Waals surface area (Å²) >= 11 is 0. The van der Waals surface area contributed by atoms with Gasteiger partial charge in [0.2, 0.25) is 10.0 Å².